The topological polar surface area (TPSA) is 45.8 Å². The second-order valence-electron chi connectivity index (χ2n) is 12.2. The molecular formula is C35H75N3O2. The van der Waals surface area contributed by atoms with Gasteiger partial charge in [-0.2, -0.15) is 0 Å². The summed E-state index contributed by atoms with van der Waals surface area (Å²) >= 11 is 0. The Kier molecular flexibility index (Phi) is 36.6. The zero-order valence-corrected chi connectivity index (χ0v) is 27.9. The van der Waals surface area contributed by atoms with Gasteiger partial charge in [0.2, 0.25) is 0 Å². The Morgan fingerprint density at radius 3 is 1.02 bits per heavy atom. The number of hydrogen-bond donors (Lipinski definition) is 2. The van der Waals surface area contributed by atoms with Crippen LogP contribution in [0.4, 0.5) is 0 Å². The predicted octanol–water partition coefficient (Wildman–Crippen LogP) is 9.45. The average Bonchev–Trinajstić information content (AvgIpc) is 2.96. The van der Waals surface area contributed by atoms with Gasteiger partial charge in [0.15, 0.2) is 0 Å². The summed E-state index contributed by atoms with van der Waals surface area (Å²) in [7, 11) is 2.23. The Balaban J connectivity index is 3.13. The first kappa shape index (κ1) is 39.8. The van der Waals surface area contributed by atoms with Gasteiger partial charge in [-0.05, 0) is 58.9 Å². The van der Waals surface area contributed by atoms with Crippen LogP contribution < -0.4 is 10.6 Å². The minimum Gasteiger partial charge on any atom is -0.366 e. The molecule has 5 heteroatoms. The van der Waals surface area contributed by atoms with E-state index in [1.807, 2.05) is 0 Å². The van der Waals surface area contributed by atoms with Gasteiger partial charge in [-0.3, -0.25) is 10.6 Å². The Bertz CT molecular complexity index is 401. The first-order chi connectivity index (χ1) is 19.8. The lowest BCUT2D eigenvalue weighted by Crippen LogP contribution is -2.28. The van der Waals surface area contributed by atoms with Gasteiger partial charge >= 0.3 is 0 Å². The summed E-state index contributed by atoms with van der Waals surface area (Å²) < 4.78 is 11.5. The van der Waals surface area contributed by atoms with Gasteiger partial charge in [-0.25, -0.2) is 0 Å². The number of rotatable bonds is 36. The van der Waals surface area contributed by atoms with Gasteiger partial charge < -0.3 is 14.4 Å². The number of nitrogens with one attached hydrogen (secondary N) is 2. The monoisotopic (exact) mass is 570 g/mol. The van der Waals surface area contributed by atoms with E-state index in [2.05, 4.69) is 36.4 Å². The largest absolute Gasteiger partial charge is 0.366 e. The van der Waals surface area contributed by atoms with Crippen molar-refractivity contribution in [3.8, 4) is 0 Å². The molecule has 242 valence electrons. The fourth-order valence-corrected chi connectivity index (χ4v) is 5.23. The fraction of sp³-hybridized carbons (Fsp3) is 1.00. The molecule has 0 aliphatic carbocycles. The van der Waals surface area contributed by atoms with Crippen molar-refractivity contribution in [2.75, 3.05) is 59.9 Å². The normalized spacial score (nSPS) is 11.7. The van der Waals surface area contributed by atoms with Crippen LogP contribution in [0.2, 0.25) is 0 Å². The van der Waals surface area contributed by atoms with Crippen molar-refractivity contribution in [1.82, 2.24) is 15.5 Å². The molecule has 0 aliphatic heterocycles. The number of unbranched alkanes of at least 4 members (excludes halogenated alkanes) is 20. The van der Waals surface area contributed by atoms with E-state index in [4.69, 9.17) is 9.47 Å². The predicted molar refractivity (Wildman–Crippen MR) is 177 cm³/mol. The van der Waals surface area contributed by atoms with Crippen molar-refractivity contribution in [3.63, 3.8) is 0 Å². The molecule has 0 amide bonds. The Labute approximate surface area is 252 Å². The summed E-state index contributed by atoms with van der Waals surface area (Å²) in [5.41, 5.74) is 0. The van der Waals surface area contributed by atoms with Crippen LogP contribution in [0.25, 0.3) is 0 Å². The van der Waals surface area contributed by atoms with E-state index in [1.165, 1.54) is 154 Å². The second-order valence-corrected chi connectivity index (χ2v) is 12.2. The summed E-state index contributed by atoms with van der Waals surface area (Å²) in [4.78, 5) is 2.43. The lowest BCUT2D eigenvalue weighted by molar-refractivity contribution is 0.111. The number of hydrogen-bond acceptors (Lipinski definition) is 5. The first-order valence-electron chi connectivity index (χ1n) is 18.1. The highest BCUT2D eigenvalue weighted by Crippen LogP contribution is 2.12. The standard InChI is InChI=1S/C35H75N3O2/c1-4-6-8-10-12-14-16-18-20-22-24-32-39-34-36-28-26-30-38(3)31-27-29-37-35-40-33-25-23-21-19-17-15-13-11-9-7-5-2/h36-37H,4-35H2,1-3H3. The van der Waals surface area contributed by atoms with Gasteiger partial charge in [0, 0.05) is 13.2 Å². The Morgan fingerprint density at radius 2 is 0.700 bits per heavy atom. The molecule has 0 unspecified atom stereocenters. The third-order valence-corrected chi connectivity index (χ3v) is 7.98. The van der Waals surface area contributed by atoms with Gasteiger partial charge in [0.25, 0.3) is 0 Å². The van der Waals surface area contributed by atoms with E-state index >= 15 is 0 Å². The molecule has 0 radical (unpaired) electrons. The van der Waals surface area contributed by atoms with E-state index in [0.717, 1.165) is 39.4 Å². The van der Waals surface area contributed by atoms with Crippen LogP contribution in [0, 0.1) is 0 Å². The molecule has 0 rings (SSSR count). The third kappa shape index (κ3) is 35.8. The van der Waals surface area contributed by atoms with Crippen LogP contribution in [0.15, 0.2) is 0 Å². The van der Waals surface area contributed by atoms with Gasteiger partial charge in [-0.1, -0.05) is 142 Å². The molecule has 0 spiro atoms. The van der Waals surface area contributed by atoms with Crippen LogP contribution in [0.1, 0.15) is 168 Å². The number of ether oxygens (including phenoxy) is 2. The van der Waals surface area contributed by atoms with E-state index in [1.54, 1.807) is 0 Å². The number of nitrogens with zero attached hydrogens (tertiary/aromatic N) is 1. The van der Waals surface area contributed by atoms with Crippen molar-refractivity contribution in [2.24, 2.45) is 0 Å². The minimum atomic E-state index is 0.699. The Morgan fingerprint density at radius 1 is 0.400 bits per heavy atom. The molecule has 40 heavy (non-hydrogen) atoms. The summed E-state index contributed by atoms with van der Waals surface area (Å²) in [6, 6.07) is 0. The van der Waals surface area contributed by atoms with Crippen LogP contribution in [-0.2, 0) is 9.47 Å². The molecular weight excluding hydrogens is 494 g/mol. The summed E-state index contributed by atoms with van der Waals surface area (Å²) in [6.45, 7) is 12.1. The molecule has 0 aromatic heterocycles. The molecule has 0 saturated heterocycles. The molecule has 2 N–H and O–H groups in total. The van der Waals surface area contributed by atoms with Crippen molar-refractivity contribution in [3.05, 3.63) is 0 Å². The van der Waals surface area contributed by atoms with Gasteiger partial charge in [0.05, 0.1) is 13.5 Å². The molecule has 0 bridgehead atoms. The molecule has 0 atom stereocenters. The van der Waals surface area contributed by atoms with Crippen molar-refractivity contribution in [2.45, 2.75) is 168 Å². The summed E-state index contributed by atoms with van der Waals surface area (Å²) in [5, 5.41) is 6.86. The van der Waals surface area contributed by atoms with Crippen LogP contribution in [0.3, 0.4) is 0 Å². The highest BCUT2D eigenvalue weighted by molar-refractivity contribution is 4.55. The smallest absolute Gasteiger partial charge is 0.0965 e. The average molecular weight is 570 g/mol. The van der Waals surface area contributed by atoms with Crippen LogP contribution >= 0.6 is 0 Å². The highest BCUT2D eigenvalue weighted by Gasteiger charge is 1.99. The van der Waals surface area contributed by atoms with Gasteiger partial charge in [0.1, 0.15) is 0 Å². The molecule has 5 nitrogen and oxygen atoms in total. The summed E-state index contributed by atoms with van der Waals surface area (Å²) in [5.74, 6) is 0. The highest BCUT2D eigenvalue weighted by atomic mass is 16.5. The summed E-state index contributed by atoms with van der Waals surface area (Å²) in [6.07, 6.45) is 32.9. The quantitative estimate of drug-likeness (QED) is 0.0581. The minimum absolute atomic E-state index is 0.699. The van der Waals surface area contributed by atoms with Crippen molar-refractivity contribution >= 4 is 0 Å². The van der Waals surface area contributed by atoms with E-state index in [0.29, 0.717) is 13.5 Å². The maximum absolute atomic E-state index is 5.75. The third-order valence-electron chi connectivity index (χ3n) is 7.98. The lowest BCUT2D eigenvalue weighted by Gasteiger charge is -2.17. The molecule has 0 aromatic rings. The van der Waals surface area contributed by atoms with E-state index in [-0.39, 0.29) is 0 Å². The zero-order chi connectivity index (χ0) is 29.0. The molecule has 0 aliphatic rings. The van der Waals surface area contributed by atoms with E-state index < -0.39 is 0 Å². The fourth-order valence-electron chi connectivity index (χ4n) is 5.23. The van der Waals surface area contributed by atoms with E-state index in [9.17, 15) is 0 Å². The molecule has 0 aromatic carbocycles. The van der Waals surface area contributed by atoms with Crippen LogP contribution in [-0.4, -0.2) is 64.8 Å². The van der Waals surface area contributed by atoms with Crippen LogP contribution in [0.5, 0.6) is 0 Å². The molecule has 0 saturated carbocycles. The molecule has 0 heterocycles. The maximum Gasteiger partial charge on any atom is 0.0965 e. The zero-order valence-electron chi connectivity index (χ0n) is 27.9. The Hall–Kier alpha value is -0.200. The lowest BCUT2D eigenvalue weighted by atomic mass is 10.1. The maximum atomic E-state index is 5.75. The van der Waals surface area contributed by atoms with Crippen molar-refractivity contribution in [1.29, 1.82) is 0 Å². The molecule has 0 fully saturated rings. The SMILES string of the molecule is CCCCCCCCCCCCCOCNCCCN(C)CCCNCOCCCCCCCCCCCCC. The second kappa shape index (κ2) is 36.8. The van der Waals surface area contributed by atoms with Gasteiger partial charge in [-0.15, -0.1) is 0 Å². The first-order valence-corrected chi connectivity index (χ1v) is 18.1. The van der Waals surface area contributed by atoms with Crippen molar-refractivity contribution < 1.29 is 9.47 Å².